The van der Waals surface area contributed by atoms with Gasteiger partial charge in [0.05, 0.1) is 0 Å². The van der Waals surface area contributed by atoms with E-state index in [9.17, 15) is 0 Å². The largest absolute Gasteiger partial charge is 0.294 e. The minimum absolute atomic E-state index is 0.315. The second-order valence-corrected chi connectivity index (χ2v) is 5.63. The summed E-state index contributed by atoms with van der Waals surface area (Å²) < 4.78 is 0. The van der Waals surface area contributed by atoms with E-state index in [2.05, 4.69) is 49.9 Å². The molecule has 1 heteroatoms. The minimum Gasteiger partial charge on any atom is -0.294 e. The molecule has 1 aromatic rings. The van der Waals surface area contributed by atoms with Gasteiger partial charge in [-0.2, -0.15) is 0 Å². The van der Waals surface area contributed by atoms with E-state index in [-0.39, 0.29) is 0 Å². The van der Waals surface area contributed by atoms with Crippen LogP contribution in [0.25, 0.3) is 0 Å². The van der Waals surface area contributed by atoms with Crippen LogP contribution in [-0.4, -0.2) is 18.0 Å². The lowest BCUT2D eigenvalue weighted by atomic mass is 9.75. The van der Waals surface area contributed by atoms with Gasteiger partial charge in [0.15, 0.2) is 0 Å². The van der Waals surface area contributed by atoms with Crippen LogP contribution in [-0.2, 0) is 5.54 Å². The Morgan fingerprint density at radius 1 is 0.944 bits per heavy atom. The predicted octanol–water partition coefficient (Wildman–Crippen LogP) is 4.50. The van der Waals surface area contributed by atoms with Crippen LogP contribution in [0.3, 0.4) is 0 Å². The SMILES string of the molecule is CCN(CC)C1(c2ccc(C)cc2)CCCCC1. The van der Waals surface area contributed by atoms with Gasteiger partial charge in [-0.25, -0.2) is 0 Å². The van der Waals surface area contributed by atoms with E-state index in [0.717, 1.165) is 13.1 Å². The number of aryl methyl sites for hydroxylation is 1. The van der Waals surface area contributed by atoms with Gasteiger partial charge in [0.1, 0.15) is 0 Å². The quantitative estimate of drug-likeness (QED) is 0.755. The molecule has 1 nitrogen and oxygen atoms in total. The number of hydrogen-bond acceptors (Lipinski definition) is 1. The average Bonchev–Trinajstić information content (AvgIpc) is 2.42. The summed E-state index contributed by atoms with van der Waals surface area (Å²) in [5, 5.41) is 0. The lowest BCUT2D eigenvalue weighted by Gasteiger charge is -2.46. The third-order valence-corrected chi connectivity index (χ3v) is 4.64. The van der Waals surface area contributed by atoms with Gasteiger partial charge < -0.3 is 0 Å². The standard InChI is InChI=1S/C17H27N/c1-4-18(5-2)17(13-7-6-8-14-17)16-11-9-15(3)10-12-16/h9-12H,4-8,13-14H2,1-3H3. The highest BCUT2D eigenvalue weighted by Gasteiger charge is 2.37. The Balaban J connectivity index is 2.37. The summed E-state index contributed by atoms with van der Waals surface area (Å²) in [4.78, 5) is 2.68. The highest BCUT2D eigenvalue weighted by atomic mass is 15.2. The van der Waals surface area contributed by atoms with Crippen molar-refractivity contribution >= 4 is 0 Å². The number of rotatable bonds is 4. The van der Waals surface area contributed by atoms with Crippen LogP contribution in [0, 0.1) is 6.92 Å². The van der Waals surface area contributed by atoms with E-state index in [1.807, 2.05) is 0 Å². The van der Waals surface area contributed by atoms with E-state index in [0.29, 0.717) is 5.54 Å². The number of nitrogens with zero attached hydrogens (tertiary/aromatic N) is 1. The lowest BCUT2D eigenvalue weighted by Crippen LogP contribution is -2.47. The summed E-state index contributed by atoms with van der Waals surface area (Å²) in [5.74, 6) is 0. The van der Waals surface area contributed by atoms with E-state index >= 15 is 0 Å². The van der Waals surface area contributed by atoms with Crippen LogP contribution < -0.4 is 0 Å². The van der Waals surface area contributed by atoms with Gasteiger partial charge in [-0.1, -0.05) is 62.9 Å². The Morgan fingerprint density at radius 2 is 1.50 bits per heavy atom. The van der Waals surface area contributed by atoms with Crippen LogP contribution >= 0.6 is 0 Å². The Kier molecular flexibility index (Phi) is 4.45. The van der Waals surface area contributed by atoms with Gasteiger partial charge in [0.2, 0.25) is 0 Å². The van der Waals surface area contributed by atoms with E-state index < -0.39 is 0 Å². The number of hydrogen-bond donors (Lipinski definition) is 0. The maximum atomic E-state index is 2.68. The molecular weight excluding hydrogens is 218 g/mol. The van der Waals surface area contributed by atoms with Gasteiger partial charge in [-0.15, -0.1) is 0 Å². The topological polar surface area (TPSA) is 3.24 Å². The molecule has 1 aliphatic carbocycles. The fourth-order valence-corrected chi connectivity index (χ4v) is 3.62. The maximum Gasteiger partial charge on any atom is 0.0460 e. The molecule has 1 aromatic carbocycles. The fraction of sp³-hybridized carbons (Fsp3) is 0.647. The highest BCUT2D eigenvalue weighted by Crippen LogP contribution is 2.42. The van der Waals surface area contributed by atoms with Crippen molar-refractivity contribution in [2.45, 2.75) is 58.4 Å². The molecule has 1 aliphatic rings. The average molecular weight is 245 g/mol. The summed E-state index contributed by atoms with van der Waals surface area (Å²) in [7, 11) is 0. The van der Waals surface area contributed by atoms with Crippen molar-refractivity contribution in [2.24, 2.45) is 0 Å². The van der Waals surface area contributed by atoms with Crippen LogP contribution in [0.5, 0.6) is 0 Å². The number of benzene rings is 1. The van der Waals surface area contributed by atoms with E-state index in [1.165, 1.54) is 43.2 Å². The van der Waals surface area contributed by atoms with Gasteiger partial charge in [-0.05, 0) is 38.4 Å². The summed E-state index contributed by atoms with van der Waals surface area (Å²) in [6.07, 6.45) is 6.83. The zero-order valence-corrected chi connectivity index (χ0v) is 12.2. The zero-order valence-electron chi connectivity index (χ0n) is 12.2. The Morgan fingerprint density at radius 3 is 2.00 bits per heavy atom. The van der Waals surface area contributed by atoms with Gasteiger partial charge in [0.25, 0.3) is 0 Å². The molecule has 18 heavy (non-hydrogen) atoms. The van der Waals surface area contributed by atoms with Gasteiger partial charge in [0, 0.05) is 5.54 Å². The Labute approximate surface area is 112 Å². The molecule has 0 aliphatic heterocycles. The highest BCUT2D eigenvalue weighted by molar-refractivity contribution is 5.29. The van der Waals surface area contributed by atoms with Crippen molar-refractivity contribution in [1.29, 1.82) is 0 Å². The summed E-state index contributed by atoms with van der Waals surface area (Å²) in [6.45, 7) is 9.09. The second kappa shape index (κ2) is 5.88. The smallest absolute Gasteiger partial charge is 0.0460 e. The predicted molar refractivity (Wildman–Crippen MR) is 78.9 cm³/mol. The van der Waals surface area contributed by atoms with Crippen molar-refractivity contribution in [3.05, 3.63) is 35.4 Å². The summed E-state index contributed by atoms with van der Waals surface area (Å²) in [5.41, 5.74) is 3.22. The molecule has 0 saturated heterocycles. The van der Waals surface area contributed by atoms with Gasteiger partial charge in [-0.3, -0.25) is 4.90 Å². The third-order valence-electron chi connectivity index (χ3n) is 4.64. The molecule has 0 radical (unpaired) electrons. The first-order valence-corrected chi connectivity index (χ1v) is 7.55. The first-order valence-electron chi connectivity index (χ1n) is 7.55. The maximum absolute atomic E-state index is 2.68. The first kappa shape index (κ1) is 13.6. The van der Waals surface area contributed by atoms with Crippen molar-refractivity contribution in [1.82, 2.24) is 4.90 Å². The van der Waals surface area contributed by atoms with Crippen LogP contribution in [0.15, 0.2) is 24.3 Å². The van der Waals surface area contributed by atoms with Crippen molar-refractivity contribution in [2.75, 3.05) is 13.1 Å². The summed E-state index contributed by atoms with van der Waals surface area (Å²) >= 11 is 0. The normalized spacial score (nSPS) is 19.1. The molecule has 1 saturated carbocycles. The van der Waals surface area contributed by atoms with Gasteiger partial charge >= 0.3 is 0 Å². The second-order valence-electron chi connectivity index (χ2n) is 5.63. The molecule has 0 spiro atoms. The van der Waals surface area contributed by atoms with E-state index in [4.69, 9.17) is 0 Å². The molecule has 0 amide bonds. The van der Waals surface area contributed by atoms with Crippen LogP contribution in [0.4, 0.5) is 0 Å². The van der Waals surface area contributed by atoms with Crippen molar-refractivity contribution in [3.8, 4) is 0 Å². The third kappa shape index (κ3) is 2.47. The fourth-order valence-electron chi connectivity index (χ4n) is 3.62. The molecule has 0 unspecified atom stereocenters. The van der Waals surface area contributed by atoms with E-state index in [1.54, 1.807) is 0 Å². The molecule has 2 rings (SSSR count). The molecule has 0 atom stereocenters. The Hall–Kier alpha value is -0.820. The Bertz CT molecular complexity index is 356. The molecule has 0 N–H and O–H groups in total. The van der Waals surface area contributed by atoms with Crippen molar-refractivity contribution < 1.29 is 0 Å². The minimum atomic E-state index is 0.315. The molecule has 0 aromatic heterocycles. The van der Waals surface area contributed by atoms with Crippen LogP contribution in [0.1, 0.15) is 57.1 Å². The van der Waals surface area contributed by atoms with Crippen LogP contribution in [0.2, 0.25) is 0 Å². The van der Waals surface area contributed by atoms with Crippen molar-refractivity contribution in [3.63, 3.8) is 0 Å². The molecule has 1 fully saturated rings. The first-order chi connectivity index (χ1) is 8.73. The zero-order chi connectivity index (χ0) is 13.0. The lowest BCUT2D eigenvalue weighted by molar-refractivity contribution is 0.0567. The molecule has 100 valence electrons. The monoisotopic (exact) mass is 245 g/mol. The molecular formula is C17H27N. The summed E-state index contributed by atoms with van der Waals surface area (Å²) in [6, 6.07) is 9.27. The molecule has 0 heterocycles. The molecule has 0 bridgehead atoms.